The van der Waals surface area contributed by atoms with E-state index in [4.69, 9.17) is 23.2 Å². The molecule has 1 unspecified atom stereocenters. The van der Waals surface area contributed by atoms with Crippen molar-refractivity contribution in [2.24, 2.45) is 0 Å². The molecule has 1 aliphatic heterocycles. The molecule has 0 aliphatic carbocycles. The summed E-state index contributed by atoms with van der Waals surface area (Å²) in [6.45, 7) is 1.80. The summed E-state index contributed by atoms with van der Waals surface area (Å²) in [4.78, 5) is 23.3. The lowest BCUT2D eigenvalue weighted by molar-refractivity contribution is -0.128. The summed E-state index contributed by atoms with van der Waals surface area (Å²) in [6.07, 6.45) is 1.84. The molecular formula is C13H14Cl2N2O2. The van der Waals surface area contributed by atoms with Crippen LogP contribution in [0.25, 0.3) is 0 Å². The Hall–Kier alpha value is -1.26. The number of hydrogen-bond acceptors (Lipinski definition) is 2. The van der Waals surface area contributed by atoms with E-state index in [1.54, 1.807) is 19.1 Å². The number of benzene rings is 1. The Morgan fingerprint density at radius 3 is 2.58 bits per heavy atom. The maximum atomic E-state index is 12.0. The second-order valence-corrected chi connectivity index (χ2v) is 5.38. The molecule has 0 aromatic heterocycles. The lowest BCUT2D eigenvalue weighted by Gasteiger charge is -2.22. The molecule has 1 atom stereocenters. The van der Waals surface area contributed by atoms with Crippen LogP contribution in [0.4, 0.5) is 5.69 Å². The van der Waals surface area contributed by atoms with Gasteiger partial charge in [-0.2, -0.15) is 0 Å². The Labute approximate surface area is 121 Å². The van der Waals surface area contributed by atoms with E-state index in [1.165, 1.54) is 0 Å². The molecule has 1 aliphatic rings. The van der Waals surface area contributed by atoms with Crippen molar-refractivity contribution in [3.05, 3.63) is 27.7 Å². The Morgan fingerprint density at radius 2 is 2.00 bits per heavy atom. The molecule has 2 amide bonds. The molecule has 4 nitrogen and oxygen atoms in total. The van der Waals surface area contributed by atoms with Gasteiger partial charge in [0.25, 0.3) is 0 Å². The van der Waals surface area contributed by atoms with Gasteiger partial charge >= 0.3 is 0 Å². The van der Waals surface area contributed by atoms with Gasteiger partial charge in [-0.05, 0) is 37.5 Å². The van der Waals surface area contributed by atoms with E-state index in [-0.39, 0.29) is 11.8 Å². The summed E-state index contributed by atoms with van der Waals surface area (Å²) in [5.41, 5.74) is 1.30. The average Bonchev–Trinajstić information content (AvgIpc) is 2.36. The average molecular weight is 301 g/mol. The zero-order valence-corrected chi connectivity index (χ0v) is 11.9. The number of hydrogen-bond donors (Lipinski definition) is 2. The fourth-order valence-electron chi connectivity index (χ4n) is 1.95. The first kappa shape index (κ1) is 14.2. The van der Waals surface area contributed by atoms with Crippen LogP contribution >= 0.6 is 23.2 Å². The maximum Gasteiger partial charge on any atom is 0.246 e. The van der Waals surface area contributed by atoms with Crippen LogP contribution in [0.3, 0.4) is 0 Å². The number of piperidine rings is 1. The Bertz CT molecular complexity index is 508. The minimum absolute atomic E-state index is 0.0913. The third-order valence-electron chi connectivity index (χ3n) is 3.10. The van der Waals surface area contributed by atoms with Gasteiger partial charge in [-0.25, -0.2) is 0 Å². The molecule has 19 heavy (non-hydrogen) atoms. The smallest absolute Gasteiger partial charge is 0.246 e. The highest BCUT2D eigenvalue weighted by atomic mass is 35.5. The van der Waals surface area contributed by atoms with E-state index in [0.717, 1.165) is 12.0 Å². The first-order valence-corrected chi connectivity index (χ1v) is 6.79. The minimum atomic E-state index is -0.486. The minimum Gasteiger partial charge on any atom is -0.344 e. The van der Waals surface area contributed by atoms with Crippen LogP contribution in [0.15, 0.2) is 12.1 Å². The highest BCUT2D eigenvalue weighted by Gasteiger charge is 2.24. The van der Waals surface area contributed by atoms with Crippen LogP contribution in [-0.2, 0) is 9.59 Å². The Balaban J connectivity index is 2.08. The van der Waals surface area contributed by atoms with Gasteiger partial charge in [-0.1, -0.05) is 23.2 Å². The molecule has 102 valence electrons. The Morgan fingerprint density at radius 1 is 1.37 bits per heavy atom. The maximum absolute atomic E-state index is 12.0. The van der Waals surface area contributed by atoms with Gasteiger partial charge in [-0.3, -0.25) is 9.59 Å². The fraction of sp³-hybridized carbons (Fsp3) is 0.385. The molecule has 0 saturated carbocycles. The van der Waals surface area contributed by atoms with Crippen molar-refractivity contribution < 1.29 is 9.59 Å². The first-order chi connectivity index (χ1) is 8.97. The number of nitrogens with one attached hydrogen (secondary N) is 2. The van der Waals surface area contributed by atoms with E-state index >= 15 is 0 Å². The summed E-state index contributed by atoms with van der Waals surface area (Å²) in [5.74, 6) is -0.338. The van der Waals surface area contributed by atoms with Crippen molar-refractivity contribution >= 4 is 40.7 Å². The molecule has 1 aromatic carbocycles. The third kappa shape index (κ3) is 3.39. The number of rotatable bonds is 2. The van der Waals surface area contributed by atoms with E-state index in [1.807, 2.05) is 0 Å². The molecule has 2 N–H and O–H groups in total. The van der Waals surface area contributed by atoms with Gasteiger partial charge in [0.05, 0.1) is 0 Å². The molecule has 0 spiro atoms. The monoisotopic (exact) mass is 300 g/mol. The number of carbonyl (C=O) groups excluding carboxylic acids is 2. The van der Waals surface area contributed by atoms with Crippen molar-refractivity contribution in [2.75, 3.05) is 5.32 Å². The van der Waals surface area contributed by atoms with Gasteiger partial charge in [0.15, 0.2) is 0 Å². The Kier molecular flexibility index (Phi) is 4.32. The molecule has 2 rings (SSSR count). The molecule has 1 aromatic rings. The van der Waals surface area contributed by atoms with Gasteiger partial charge in [0, 0.05) is 22.2 Å². The molecular weight excluding hydrogens is 287 g/mol. The topological polar surface area (TPSA) is 58.2 Å². The molecule has 1 saturated heterocycles. The van der Waals surface area contributed by atoms with Crippen LogP contribution in [0.5, 0.6) is 0 Å². The van der Waals surface area contributed by atoms with Crippen molar-refractivity contribution in [3.8, 4) is 0 Å². The molecule has 6 heteroatoms. The van der Waals surface area contributed by atoms with Crippen LogP contribution in [0.1, 0.15) is 24.8 Å². The van der Waals surface area contributed by atoms with Gasteiger partial charge in [0.2, 0.25) is 11.8 Å². The van der Waals surface area contributed by atoms with Gasteiger partial charge in [-0.15, -0.1) is 0 Å². The highest BCUT2D eigenvalue weighted by Crippen LogP contribution is 2.28. The number of anilines is 1. The van der Waals surface area contributed by atoms with Crippen molar-refractivity contribution in [2.45, 2.75) is 32.2 Å². The first-order valence-electron chi connectivity index (χ1n) is 6.03. The van der Waals surface area contributed by atoms with E-state index < -0.39 is 6.04 Å². The van der Waals surface area contributed by atoms with E-state index in [2.05, 4.69) is 10.6 Å². The summed E-state index contributed by atoms with van der Waals surface area (Å²) >= 11 is 12.0. The lowest BCUT2D eigenvalue weighted by atomic mass is 10.0. The quantitative estimate of drug-likeness (QED) is 0.882. The predicted octanol–water partition coefficient (Wildman–Crippen LogP) is 2.91. The second kappa shape index (κ2) is 5.80. The largest absolute Gasteiger partial charge is 0.344 e. The summed E-state index contributed by atoms with van der Waals surface area (Å²) in [5, 5.41) is 6.37. The summed E-state index contributed by atoms with van der Waals surface area (Å²) < 4.78 is 0. The SMILES string of the molecule is Cc1c(Cl)cc(NC(=O)C2CCCC(=O)N2)cc1Cl. The van der Waals surface area contributed by atoms with Crippen LogP contribution < -0.4 is 10.6 Å². The normalized spacial score (nSPS) is 18.9. The zero-order chi connectivity index (χ0) is 14.0. The third-order valence-corrected chi connectivity index (χ3v) is 3.88. The van der Waals surface area contributed by atoms with Crippen molar-refractivity contribution in [1.82, 2.24) is 5.32 Å². The van der Waals surface area contributed by atoms with Gasteiger partial charge in [0.1, 0.15) is 6.04 Å². The number of carbonyl (C=O) groups is 2. The lowest BCUT2D eigenvalue weighted by Crippen LogP contribution is -2.46. The zero-order valence-electron chi connectivity index (χ0n) is 10.4. The van der Waals surface area contributed by atoms with Crippen molar-refractivity contribution in [1.29, 1.82) is 0 Å². The predicted molar refractivity (Wildman–Crippen MR) is 75.6 cm³/mol. The summed E-state index contributed by atoms with van der Waals surface area (Å²) in [7, 11) is 0. The molecule has 0 bridgehead atoms. The fourth-order valence-corrected chi connectivity index (χ4v) is 2.44. The van der Waals surface area contributed by atoms with Crippen molar-refractivity contribution in [3.63, 3.8) is 0 Å². The van der Waals surface area contributed by atoms with Gasteiger partial charge < -0.3 is 10.6 Å². The standard InChI is InChI=1S/C13H14Cl2N2O2/c1-7-9(14)5-8(6-10(7)15)16-13(19)11-3-2-4-12(18)17-11/h5-6,11H,2-4H2,1H3,(H,16,19)(H,17,18). The van der Waals surface area contributed by atoms with Crippen LogP contribution in [0, 0.1) is 6.92 Å². The summed E-state index contributed by atoms with van der Waals surface area (Å²) in [6, 6.07) is 2.80. The number of amides is 2. The van der Waals surface area contributed by atoms with E-state index in [9.17, 15) is 9.59 Å². The second-order valence-electron chi connectivity index (χ2n) is 4.57. The van der Waals surface area contributed by atoms with E-state index in [0.29, 0.717) is 28.6 Å². The molecule has 0 radical (unpaired) electrons. The molecule has 1 heterocycles. The van der Waals surface area contributed by atoms with Crippen LogP contribution in [0.2, 0.25) is 10.0 Å². The van der Waals surface area contributed by atoms with Crippen LogP contribution in [-0.4, -0.2) is 17.9 Å². The molecule has 1 fully saturated rings. The highest BCUT2D eigenvalue weighted by molar-refractivity contribution is 6.36. The number of halogens is 2.